The van der Waals surface area contributed by atoms with Crippen molar-refractivity contribution in [2.75, 3.05) is 0 Å². The predicted molar refractivity (Wildman–Crippen MR) is 62.8 cm³/mol. The van der Waals surface area contributed by atoms with E-state index in [1.165, 1.54) is 0 Å². The van der Waals surface area contributed by atoms with Crippen LogP contribution in [0.4, 0.5) is 0 Å². The number of thiophene rings is 1. The van der Waals surface area contributed by atoms with Crippen molar-refractivity contribution in [3.05, 3.63) is 34.2 Å². The van der Waals surface area contributed by atoms with E-state index in [0.717, 1.165) is 9.35 Å². The Kier molecular flexibility index (Phi) is 2.07. The number of pyridine rings is 1. The van der Waals surface area contributed by atoms with E-state index in [1.54, 1.807) is 17.5 Å². The predicted octanol–water partition coefficient (Wildman–Crippen LogP) is 3.71. The SMILES string of the molecule is Brc1cnc2nc(-c3cccs3)oc2c1. The molecule has 0 fully saturated rings. The monoisotopic (exact) mass is 280 g/mol. The standard InChI is InChI=1S/C10H5BrN2OS/c11-6-4-7-9(12-5-6)13-10(14-7)8-2-1-3-15-8/h1-5H. The van der Waals surface area contributed by atoms with Gasteiger partial charge in [-0.05, 0) is 27.4 Å². The number of rotatable bonds is 1. The Morgan fingerprint density at radius 3 is 3.13 bits per heavy atom. The van der Waals surface area contributed by atoms with E-state index in [0.29, 0.717) is 17.1 Å². The van der Waals surface area contributed by atoms with Crippen molar-refractivity contribution in [1.29, 1.82) is 0 Å². The minimum absolute atomic E-state index is 0.630. The Balaban J connectivity index is 2.22. The van der Waals surface area contributed by atoms with Gasteiger partial charge in [0.05, 0.1) is 4.88 Å². The molecule has 3 rings (SSSR count). The first kappa shape index (κ1) is 9.06. The van der Waals surface area contributed by atoms with E-state index in [1.807, 2.05) is 23.6 Å². The van der Waals surface area contributed by atoms with Crippen molar-refractivity contribution in [3.63, 3.8) is 0 Å². The zero-order chi connectivity index (χ0) is 10.3. The fourth-order valence-electron chi connectivity index (χ4n) is 1.30. The molecule has 5 heteroatoms. The van der Waals surface area contributed by atoms with Crippen molar-refractivity contribution in [3.8, 4) is 10.8 Å². The molecule has 0 bridgehead atoms. The summed E-state index contributed by atoms with van der Waals surface area (Å²) in [5.74, 6) is 0.630. The average molecular weight is 281 g/mol. The van der Waals surface area contributed by atoms with Gasteiger partial charge < -0.3 is 4.42 Å². The number of oxazole rings is 1. The molecule has 0 saturated carbocycles. The summed E-state index contributed by atoms with van der Waals surface area (Å²) in [5.41, 5.74) is 1.34. The van der Waals surface area contributed by atoms with E-state index >= 15 is 0 Å². The van der Waals surface area contributed by atoms with E-state index in [9.17, 15) is 0 Å². The average Bonchev–Trinajstić information content (AvgIpc) is 2.84. The quantitative estimate of drug-likeness (QED) is 0.682. The zero-order valence-electron chi connectivity index (χ0n) is 7.48. The molecule has 15 heavy (non-hydrogen) atoms. The second-order valence-corrected chi connectivity index (χ2v) is 4.83. The van der Waals surface area contributed by atoms with Gasteiger partial charge in [0.15, 0.2) is 11.2 Å². The molecule has 0 aromatic carbocycles. The lowest BCUT2D eigenvalue weighted by atomic mass is 10.5. The molecule has 0 aliphatic rings. The van der Waals surface area contributed by atoms with Crippen LogP contribution in [0.15, 0.2) is 38.7 Å². The summed E-state index contributed by atoms with van der Waals surface area (Å²) in [5, 5.41) is 1.99. The molecular formula is C10H5BrN2OS. The van der Waals surface area contributed by atoms with Gasteiger partial charge in [-0.25, -0.2) is 4.98 Å². The van der Waals surface area contributed by atoms with Crippen LogP contribution >= 0.6 is 27.3 Å². The highest BCUT2D eigenvalue weighted by atomic mass is 79.9. The van der Waals surface area contributed by atoms with Crippen LogP contribution in [-0.4, -0.2) is 9.97 Å². The van der Waals surface area contributed by atoms with Crippen LogP contribution in [0, 0.1) is 0 Å². The molecule has 0 aliphatic heterocycles. The molecule has 3 heterocycles. The molecule has 0 spiro atoms. The summed E-state index contributed by atoms with van der Waals surface area (Å²) in [6, 6.07) is 5.81. The van der Waals surface area contributed by atoms with Gasteiger partial charge in [-0.3, -0.25) is 0 Å². The van der Waals surface area contributed by atoms with Crippen molar-refractivity contribution in [1.82, 2.24) is 9.97 Å². The van der Waals surface area contributed by atoms with Crippen LogP contribution in [0.3, 0.4) is 0 Å². The third-order valence-electron chi connectivity index (χ3n) is 1.95. The highest BCUT2D eigenvalue weighted by molar-refractivity contribution is 9.10. The van der Waals surface area contributed by atoms with Gasteiger partial charge in [-0.2, -0.15) is 4.98 Å². The number of aromatic nitrogens is 2. The van der Waals surface area contributed by atoms with Gasteiger partial charge in [0, 0.05) is 16.7 Å². The Bertz CT molecular complexity index is 603. The molecule has 0 aliphatic carbocycles. The maximum absolute atomic E-state index is 5.60. The first-order valence-corrected chi connectivity index (χ1v) is 5.96. The Labute approximate surface area is 97.9 Å². The summed E-state index contributed by atoms with van der Waals surface area (Å²) in [4.78, 5) is 9.49. The van der Waals surface area contributed by atoms with Gasteiger partial charge in [0.25, 0.3) is 0 Å². The lowest BCUT2D eigenvalue weighted by Crippen LogP contribution is -1.75. The lowest BCUT2D eigenvalue weighted by Gasteiger charge is -1.86. The first-order valence-electron chi connectivity index (χ1n) is 4.29. The van der Waals surface area contributed by atoms with Crippen molar-refractivity contribution in [2.24, 2.45) is 0 Å². The molecule has 0 amide bonds. The lowest BCUT2D eigenvalue weighted by molar-refractivity contribution is 0.621. The minimum Gasteiger partial charge on any atom is -0.434 e. The fourth-order valence-corrected chi connectivity index (χ4v) is 2.26. The number of hydrogen-bond acceptors (Lipinski definition) is 4. The second-order valence-electron chi connectivity index (χ2n) is 2.97. The largest absolute Gasteiger partial charge is 0.434 e. The summed E-state index contributed by atoms with van der Waals surface area (Å²) in [6.45, 7) is 0. The molecule has 0 N–H and O–H groups in total. The molecule has 0 unspecified atom stereocenters. The van der Waals surface area contributed by atoms with Gasteiger partial charge in [0.2, 0.25) is 5.89 Å². The van der Waals surface area contributed by atoms with Crippen LogP contribution in [0.25, 0.3) is 22.0 Å². The number of hydrogen-bond donors (Lipinski definition) is 0. The Morgan fingerprint density at radius 1 is 1.40 bits per heavy atom. The minimum atomic E-state index is 0.630. The summed E-state index contributed by atoms with van der Waals surface area (Å²) >= 11 is 4.94. The summed E-state index contributed by atoms with van der Waals surface area (Å²) < 4.78 is 6.49. The van der Waals surface area contributed by atoms with Gasteiger partial charge in [-0.1, -0.05) is 6.07 Å². The van der Waals surface area contributed by atoms with Crippen molar-refractivity contribution >= 4 is 38.5 Å². The molecular weight excluding hydrogens is 276 g/mol. The van der Waals surface area contributed by atoms with Crippen LogP contribution in [-0.2, 0) is 0 Å². The number of halogens is 1. The Morgan fingerprint density at radius 2 is 2.33 bits per heavy atom. The fraction of sp³-hybridized carbons (Fsp3) is 0. The van der Waals surface area contributed by atoms with Gasteiger partial charge in [-0.15, -0.1) is 11.3 Å². The molecule has 0 saturated heterocycles. The third-order valence-corrected chi connectivity index (χ3v) is 3.24. The molecule has 3 nitrogen and oxygen atoms in total. The van der Waals surface area contributed by atoms with Crippen LogP contribution in [0.5, 0.6) is 0 Å². The first-order chi connectivity index (χ1) is 7.33. The number of fused-ring (bicyclic) bond motifs is 1. The van der Waals surface area contributed by atoms with Gasteiger partial charge >= 0.3 is 0 Å². The highest BCUT2D eigenvalue weighted by Gasteiger charge is 2.09. The molecule has 3 aromatic heterocycles. The normalized spacial score (nSPS) is 11.0. The number of nitrogens with zero attached hydrogens (tertiary/aromatic N) is 2. The van der Waals surface area contributed by atoms with Crippen LogP contribution in [0.2, 0.25) is 0 Å². The highest BCUT2D eigenvalue weighted by Crippen LogP contribution is 2.27. The van der Waals surface area contributed by atoms with Crippen LogP contribution < -0.4 is 0 Å². The molecule has 74 valence electrons. The topological polar surface area (TPSA) is 38.9 Å². The molecule has 3 aromatic rings. The summed E-state index contributed by atoms with van der Waals surface area (Å²) in [7, 11) is 0. The van der Waals surface area contributed by atoms with E-state index in [4.69, 9.17) is 4.42 Å². The maximum Gasteiger partial charge on any atom is 0.239 e. The zero-order valence-corrected chi connectivity index (χ0v) is 9.88. The van der Waals surface area contributed by atoms with E-state index < -0.39 is 0 Å². The van der Waals surface area contributed by atoms with Crippen LogP contribution in [0.1, 0.15) is 0 Å². The van der Waals surface area contributed by atoms with E-state index in [2.05, 4.69) is 25.9 Å². The van der Waals surface area contributed by atoms with E-state index in [-0.39, 0.29) is 0 Å². The van der Waals surface area contributed by atoms with Crippen molar-refractivity contribution in [2.45, 2.75) is 0 Å². The second kappa shape index (κ2) is 3.43. The van der Waals surface area contributed by atoms with Crippen molar-refractivity contribution < 1.29 is 4.42 Å². The smallest absolute Gasteiger partial charge is 0.239 e. The van der Waals surface area contributed by atoms with Gasteiger partial charge in [0.1, 0.15) is 0 Å². The third kappa shape index (κ3) is 1.57. The molecule has 0 radical (unpaired) electrons. The summed E-state index contributed by atoms with van der Waals surface area (Å²) in [6.07, 6.45) is 1.71. The Hall–Kier alpha value is -1.20. The molecule has 0 atom stereocenters. The maximum atomic E-state index is 5.60.